The summed E-state index contributed by atoms with van der Waals surface area (Å²) >= 11 is 1.59. The van der Waals surface area contributed by atoms with Crippen molar-refractivity contribution in [1.29, 1.82) is 0 Å². The van der Waals surface area contributed by atoms with E-state index in [1.54, 1.807) is 11.3 Å². The normalized spacial score (nSPS) is 9.86. The van der Waals surface area contributed by atoms with Crippen molar-refractivity contribution >= 4 is 28.8 Å². The average Bonchev–Trinajstić information content (AvgIpc) is 3.21. The van der Waals surface area contributed by atoms with Crippen molar-refractivity contribution in [3.63, 3.8) is 0 Å². The highest BCUT2D eigenvalue weighted by molar-refractivity contribution is 7.10. The highest BCUT2D eigenvalue weighted by atomic mass is 32.1. The van der Waals surface area contributed by atoms with Crippen LogP contribution in [0.25, 0.3) is 0 Å². The summed E-state index contributed by atoms with van der Waals surface area (Å²) in [4.78, 5) is 25.0. The van der Waals surface area contributed by atoms with Crippen LogP contribution in [0.2, 0.25) is 0 Å². The van der Waals surface area contributed by atoms with Gasteiger partial charge in [0.1, 0.15) is 0 Å². The van der Waals surface area contributed by atoms with Gasteiger partial charge in [0.25, 0.3) is 0 Å². The van der Waals surface area contributed by atoms with Gasteiger partial charge in [0.05, 0.1) is 11.3 Å². The van der Waals surface area contributed by atoms with Gasteiger partial charge in [-0.05, 0) is 35.2 Å². The summed E-state index contributed by atoms with van der Waals surface area (Å²) in [6, 6.07) is 20.9. The fourth-order valence-corrected chi connectivity index (χ4v) is 3.11. The van der Waals surface area contributed by atoms with Gasteiger partial charge in [-0.25, -0.2) is 0 Å². The Kier molecular flexibility index (Phi) is 7.00. The Morgan fingerprint density at radius 2 is 1.75 bits per heavy atom. The molecule has 0 saturated carbocycles. The van der Waals surface area contributed by atoms with Crippen LogP contribution in [0.1, 0.15) is 22.4 Å². The van der Waals surface area contributed by atoms with Crippen molar-refractivity contribution < 1.29 is 9.59 Å². The van der Waals surface area contributed by atoms with Gasteiger partial charge >= 0.3 is 0 Å². The number of thiophene rings is 1. The summed E-state index contributed by atoms with van der Waals surface area (Å²) in [6.07, 6.45) is 0.527. The summed E-state index contributed by atoms with van der Waals surface area (Å²) < 4.78 is 0. The molecule has 3 rings (SSSR count). The zero-order valence-corrected chi connectivity index (χ0v) is 16.1. The Bertz CT molecular complexity index is 986. The molecule has 0 aliphatic carbocycles. The number of hydrogen-bond acceptors (Lipinski definition) is 3. The van der Waals surface area contributed by atoms with Crippen molar-refractivity contribution in [3.8, 4) is 11.8 Å². The molecule has 1 aromatic heterocycles. The zero-order valence-electron chi connectivity index (χ0n) is 15.3. The van der Waals surface area contributed by atoms with E-state index in [1.807, 2.05) is 72.1 Å². The van der Waals surface area contributed by atoms with Gasteiger partial charge in [-0.1, -0.05) is 54.3 Å². The first-order valence-electron chi connectivity index (χ1n) is 8.95. The Morgan fingerprint density at radius 1 is 0.893 bits per heavy atom. The summed E-state index contributed by atoms with van der Waals surface area (Å²) in [7, 11) is 0. The Morgan fingerprint density at radius 3 is 2.54 bits per heavy atom. The predicted octanol–water partition coefficient (Wildman–Crippen LogP) is 3.84. The number of carbonyl (C=O) groups excluding carboxylic acids is 2. The lowest BCUT2D eigenvalue weighted by molar-refractivity contribution is -0.120. The monoisotopic (exact) mass is 388 g/mol. The van der Waals surface area contributed by atoms with Crippen LogP contribution in [0, 0.1) is 11.8 Å². The first-order chi connectivity index (χ1) is 13.7. The second-order valence-corrected chi connectivity index (χ2v) is 7.07. The number of hydrogen-bond donors (Lipinski definition) is 2. The largest absolute Gasteiger partial charge is 0.355 e. The fourth-order valence-electron chi connectivity index (χ4n) is 2.54. The standard InChI is InChI=1S/C23H20N2O2S/c26-22(13-14-24-23(27)17-18-6-2-1-3-7-18)25-20-9-4-8-19(16-20)11-12-21-10-5-15-28-21/h1-10,15-16H,13-14,17H2,(H,24,27)(H,25,26). The highest BCUT2D eigenvalue weighted by Crippen LogP contribution is 2.11. The van der Waals surface area contributed by atoms with E-state index in [2.05, 4.69) is 22.5 Å². The van der Waals surface area contributed by atoms with Gasteiger partial charge in [0, 0.05) is 24.2 Å². The lowest BCUT2D eigenvalue weighted by Crippen LogP contribution is -2.28. The molecular weight excluding hydrogens is 368 g/mol. The quantitative estimate of drug-likeness (QED) is 0.631. The van der Waals surface area contributed by atoms with Crippen LogP contribution in [0.3, 0.4) is 0 Å². The van der Waals surface area contributed by atoms with Crippen LogP contribution >= 0.6 is 11.3 Å². The van der Waals surface area contributed by atoms with E-state index < -0.39 is 0 Å². The molecule has 0 aliphatic heterocycles. The molecule has 0 atom stereocenters. The molecule has 0 radical (unpaired) electrons. The van der Waals surface area contributed by atoms with Gasteiger partial charge in [-0.3, -0.25) is 9.59 Å². The molecule has 0 saturated heterocycles. The smallest absolute Gasteiger partial charge is 0.226 e. The lowest BCUT2D eigenvalue weighted by atomic mass is 10.1. The van der Waals surface area contributed by atoms with Gasteiger partial charge < -0.3 is 10.6 Å². The van der Waals surface area contributed by atoms with E-state index in [0.717, 1.165) is 16.0 Å². The van der Waals surface area contributed by atoms with E-state index in [9.17, 15) is 9.59 Å². The maximum absolute atomic E-state index is 12.1. The van der Waals surface area contributed by atoms with Crippen molar-refractivity contribution in [2.45, 2.75) is 12.8 Å². The van der Waals surface area contributed by atoms with Gasteiger partial charge in [0.15, 0.2) is 0 Å². The molecule has 0 spiro atoms. The molecule has 2 amide bonds. The third kappa shape index (κ3) is 6.42. The number of anilines is 1. The van der Waals surface area contributed by atoms with Gasteiger partial charge in [-0.15, -0.1) is 11.3 Å². The minimum Gasteiger partial charge on any atom is -0.355 e. The summed E-state index contributed by atoms with van der Waals surface area (Å²) in [5.74, 6) is 5.95. The van der Waals surface area contributed by atoms with E-state index in [0.29, 0.717) is 18.7 Å². The molecule has 1 heterocycles. The molecular formula is C23H20N2O2S. The van der Waals surface area contributed by atoms with Crippen molar-refractivity contribution in [2.24, 2.45) is 0 Å². The fraction of sp³-hybridized carbons (Fsp3) is 0.130. The predicted molar refractivity (Wildman–Crippen MR) is 113 cm³/mol. The molecule has 0 bridgehead atoms. The third-order valence-corrected chi connectivity index (χ3v) is 4.66. The maximum atomic E-state index is 12.1. The van der Waals surface area contributed by atoms with Crippen LogP contribution in [0.15, 0.2) is 72.1 Å². The van der Waals surface area contributed by atoms with E-state index in [-0.39, 0.29) is 18.2 Å². The molecule has 28 heavy (non-hydrogen) atoms. The summed E-state index contributed by atoms with van der Waals surface area (Å²) in [5.41, 5.74) is 2.48. The van der Waals surface area contributed by atoms with Crippen LogP contribution in [-0.4, -0.2) is 18.4 Å². The molecule has 0 unspecified atom stereocenters. The molecule has 5 heteroatoms. The number of amides is 2. The molecule has 2 N–H and O–H groups in total. The van der Waals surface area contributed by atoms with E-state index in [1.165, 1.54) is 0 Å². The molecule has 4 nitrogen and oxygen atoms in total. The second-order valence-electron chi connectivity index (χ2n) is 6.12. The summed E-state index contributed by atoms with van der Waals surface area (Å²) in [5, 5.41) is 7.60. The highest BCUT2D eigenvalue weighted by Gasteiger charge is 2.06. The van der Waals surface area contributed by atoms with Crippen molar-refractivity contribution in [2.75, 3.05) is 11.9 Å². The third-order valence-electron chi connectivity index (χ3n) is 3.88. The summed E-state index contributed by atoms with van der Waals surface area (Å²) in [6.45, 7) is 0.301. The Balaban J connectivity index is 1.44. The van der Waals surface area contributed by atoms with Crippen LogP contribution in [-0.2, 0) is 16.0 Å². The number of rotatable bonds is 6. The lowest BCUT2D eigenvalue weighted by Gasteiger charge is -2.07. The molecule has 0 aliphatic rings. The van der Waals surface area contributed by atoms with Gasteiger partial charge in [-0.2, -0.15) is 0 Å². The average molecular weight is 388 g/mol. The van der Waals surface area contributed by atoms with Crippen LogP contribution in [0.4, 0.5) is 5.69 Å². The zero-order chi connectivity index (χ0) is 19.6. The van der Waals surface area contributed by atoms with E-state index in [4.69, 9.17) is 0 Å². The molecule has 2 aromatic carbocycles. The number of benzene rings is 2. The second kappa shape index (κ2) is 10.1. The van der Waals surface area contributed by atoms with E-state index >= 15 is 0 Å². The minimum atomic E-state index is -0.150. The van der Waals surface area contributed by atoms with Crippen molar-refractivity contribution in [1.82, 2.24) is 5.32 Å². The molecule has 140 valence electrons. The van der Waals surface area contributed by atoms with Gasteiger partial charge in [0.2, 0.25) is 11.8 Å². The number of carbonyl (C=O) groups is 2. The minimum absolute atomic E-state index is 0.0927. The molecule has 3 aromatic rings. The first-order valence-corrected chi connectivity index (χ1v) is 9.83. The topological polar surface area (TPSA) is 58.2 Å². The number of nitrogens with one attached hydrogen (secondary N) is 2. The van der Waals surface area contributed by atoms with Crippen LogP contribution in [0.5, 0.6) is 0 Å². The van der Waals surface area contributed by atoms with Crippen molar-refractivity contribution in [3.05, 3.63) is 88.1 Å². The maximum Gasteiger partial charge on any atom is 0.226 e. The Labute approximate surface area is 168 Å². The SMILES string of the molecule is O=C(Cc1ccccc1)NCCC(=O)Nc1cccc(C#Cc2cccs2)c1. The Hall–Kier alpha value is -3.36. The molecule has 0 fully saturated rings. The van der Waals surface area contributed by atoms with Crippen LogP contribution < -0.4 is 10.6 Å². The first kappa shape index (κ1) is 19.4.